The van der Waals surface area contributed by atoms with Crippen molar-refractivity contribution in [3.8, 4) is 17.2 Å². The number of aliphatic hydroxyl groups is 1. The van der Waals surface area contributed by atoms with Crippen LogP contribution in [0.15, 0.2) is 82.5 Å². The lowest BCUT2D eigenvalue weighted by Crippen LogP contribution is -2.31. The van der Waals surface area contributed by atoms with Gasteiger partial charge in [-0.15, -0.1) is 0 Å². The number of hydrogen-bond donors (Lipinski definition) is 3. The first-order valence-corrected chi connectivity index (χ1v) is 10.8. The molecule has 5 rings (SSSR count). The fourth-order valence-corrected chi connectivity index (χ4v) is 4.33. The molecule has 0 saturated carbocycles. The van der Waals surface area contributed by atoms with Crippen molar-refractivity contribution >= 4 is 28.3 Å². The highest BCUT2D eigenvalue weighted by molar-refractivity contribution is 6.21. The number of anilines is 1. The molecular formula is C27H21NO7. The summed E-state index contributed by atoms with van der Waals surface area (Å²) in [6.07, 6.45) is 0. The van der Waals surface area contributed by atoms with Gasteiger partial charge >= 0.3 is 0 Å². The third kappa shape index (κ3) is 3.56. The number of nitrogens with zero attached hydrogens (tertiary/aromatic N) is 1. The minimum atomic E-state index is -1.08. The highest BCUT2D eigenvalue weighted by Gasteiger charge is 2.46. The lowest BCUT2D eigenvalue weighted by atomic mass is 9.94. The molecule has 1 aliphatic rings. The van der Waals surface area contributed by atoms with Crippen molar-refractivity contribution in [3.63, 3.8) is 0 Å². The summed E-state index contributed by atoms with van der Waals surface area (Å²) >= 11 is 0. The van der Waals surface area contributed by atoms with Crippen molar-refractivity contribution in [2.24, 2.45) is 0 Å². The van der Waals surface area contributed by atoms with Gasteiger partial charge in [0.05, 0.1) is 24.4 Å². The zero-order chi connectivity index (χ0) is 24.9. The minimum absolute atomic E-state index is 0.00603. The molecule has 1 amide bonds. The Morgan fingerprint density at radius 3 is 2.46 bits per heavy atom. The summed E-state index contributed by atoms with van der Waals surface area (Å²) in [6, 6.07) is 16.2. The van der Waals surface area contributed by atoms with Crippen LogP contribution in [0.25, 0.3) is 11.0 Å². The summed E-state index contributed by atoms with van der Waals surface area (Å²) < 4.78 is 11.1. The average Bonchev–Trinajstić information content (AvgIpc) is 3.40. The van der Waals surface area contributed by atoms with Gasteiger partial charge in [-0.05, 0) is 54.4 Å². The van der Waals surface area contributed by atoms with E-state index >= 15 is 0 Å². The highest BCUT2D eigenvalue weighted by atomic mass is 16.5. The number of aryl methyl sites for hydroxylation is 1. The monoisotopic (exact) mass is 471 g/mol. The number of para-hydroxylation sites is 1. The molecule has 4 aromatic rings. The molecule has 1 unspecified atom stereocenters. The number of amides is 1. The Bertz CT molecular complexity index is 1510. The third-order valence-electron chi connectivity index (χ3n) is 6.00. The van der Waals surface area contributed by atoms with Crippen LogP contribution in [-0.4, -0.2) is 34.1 Å². The van der Waals surface area contributed by atoms with Crippen molar-refractivity contribution in [1.29, 1.82) is 0 Å². The average molecular weight is 471 g/mol. The molecular weight excluding hydrogens is 450 g/mol. The van der Waals surface area contributed by atoms with Gasteiger partial charge in [0.2, 0.25) is 5.78 Å². The van der Waals surface area contributed by atoms with Crippen molar-refractivity contribution in [3.05, 3.63) is 94.9 Å². The number of ether oxygens (including phenoxy) is 1. The van der Waals surface area contributed by atoms with Crippen LogP contribution >= 0.6 is 0 Å². The Morgan fingerprint density at radius 2 is 1.74 bits per heavy atom. The second-order valence-electron chi connectivity index (χ2n) is 8.24. The minimum Gasteiger partial charge on any atom is -0.508 e. The van der Waals surface area contributed by atoms with Gasteiger partial charge in [0.15, 0.2) is 22.9 Å². The topological polar surface area (TPSA) is 120 Å². The fourth-order valence-electron chi connectivity index (χ4n) is 4.33. The number of rotatable bonds is 5. The number of phenols is 2. The van der Waals surface area contributed by atoms with Gasteiger partial charge in [-0.2, -0.15) is 0 Å². The normalized spacial score (nSPS) is 15.8. The number of carbonyl (C=O) groups is 2. The number of aliphatic hydroxyl groups excluding tert-OH is 1. The summed E-state index contributed by atoms with van der Waals surface area (Å²) in [5, 5.41) is 31.9. The Hall–Kier alpha value is -4.72. The fraction of sp³-hybridized carbons (Fsp3) is 0.111. The van der Waals surface area contributed by atoms with E-state index in [1.54, 1.807) is 49.4 Å². The van der Waals surface area contributed by atoms with Crippen LogP contribution in [0.2, 0.25) is 0 Å². The number of benzene rings is 3. The molecule has 3 aromatic carbocycles. The van der Waals surface area contributed by atoms with Crippen molar-refractivity contribution < 1.29 is 34.1 Å². The number of Topliss-reactive ketones (excluding diaryl/α,β-unsaturated/α-hetero) is 1. The lowest BCUT2D eigenvalue weighted by Gasteiger charge is -2.27. The second-order valence-corrected chi connectivity index (χ2v) is 8.24. The maximum Gasteiger partial charge on any atom is 0.294 e. The Balaban J connectivity index is 1.69. The maximum atomic E-state index is 13.7. The van der Waals surface area contributed by atoms with E-state index in [-0.39, 0.29) is 28.5 Å². The van der Waals surface area contributed by atoms with Crippen LogP contribution in [0.1, 0.15) is 27.7 Å². The van der Waals surface area contributed by atoms with Gasteiger partial charge in [-0.3, -0.25) is 14.5 Å². The summed E-state index contributed by atoms with van der Waals surface area (Å²) in [5.41, 5.74) is 1.49. The van der Waals surface area contributed by atoms with Gasteiger partial charge in [0.1, 0.15) is 11.5 Å². The number of methoxy groups -OCH3 is 1. The SMILES string of the molecule is COc1cccc2cc(C(=O)C3=C(O)C(=O)N(c4cc(C)ccc4O)C3c3ccc(O)cc3)oc12. The molecule has 3 N–H and O–H groups in total. The number of ketones is 1. The summed E-state index contributed by atoms with van der Waals surface area (Å²) in [6.45, 7) is 1.79. The number of carbonyl (C=O) groups excluding carboxylic acids is 2. The summed E-state index contributed by atoms with van der Waals surface area (Å²) in [5.74, 6) is -2.14. The molecule has 1 aromatic heterocycles. The summed E-state index contributed by atoms with van der Waals surface area (Å²) in [4.78, 5) is 28.2. The lowest BCUT2D eigenvalue weighted by molar-refractivity contribution is -0.117. The molecule has 35 heavy (non-hydrogen) atoms. The maximum absolute atomic E-state index is 13.7. The van der Waals surface area contributed by atoms with Crippen LogP contribution < -0.4 is 9.64 Å². The van der Waals surface area contributed by atoms with Crippen molar-refractivity contribution in [2.45, 2.75) is 13.0 Å². The quantitative estimate of drug-likeness (QED) is 0.353. The molecule has 2 heterocycles. The molecule has 1 atom stereocenters. The van der Waals surface area contributed by atoms with Gasteiger partial charge in [-0.1, -0.05) is 30.3 Å². The standard InChI is InChI=1S/C27H21NO7/c1-14-6-11-19(30)18(12-14)28-23(15-7-9-17(29)10-8-15)22(25(32)27(28)33)24(31)21-13-16-4-3-5-20(34-2)26(16)35-21/h3-13,23,29-30,32H,1-2H3. The zero-order valence-electron chi connectivity index (χ0n) is 18.9. The van der Waals surface area contributed by atoms with E-state index in [1.807, 2.05) is 0 Å². The van der Waals surface area contributed by atoms with Crippen LogP contribution in [0, 0.1) is 6.92 Å². The van der Waals surface area contributed by atoms with Gasteiger partial charge in [-0.25, -0.2) is 0 Å². The predicted molar refractivity (Wildman–Crippen MR) is 128 cm³/mol. The van der Waals surface area contributed by atoms with Crippen LogP contribution in [0.5, 0.6) is 17.2 Å². The molecule has 0 radical (unpaired) electrons. The number of fused-ring (bicyclic) bond motifs is 1. The van der Waals surface area contributed by atoms with E-state index in [9.17, 15) is 24.9 Å². The number of aromatic hydroxyl groups is 2. The molecule has 0 spiro atoms. The zero-order valence-corrected chi connectivity index (χ0v) is 18.9. The molecule has 0 bridgehead atoms. The predicted octanol–water partition coefficient (Wildman–Crippen LogP) is 4.94. The largest absolute Gasteiger partial charge is 0.508 e. The third-order valence-corrected chi connectivity index (χ3v) is 6.00. The first kappa shape index (κ1) is 22.1. The molecule has 0 saturated heterocycles. The van der Waals surface area contributed by atoms with Crippen molar-refractivity contribution in [1.82, 2.24) is 0 Å². The van der Waals surface area contributed by atoms with Gasteiger partial charge < -0.3 is 24.5 Å². The first-order valence-electron chi connectivity index (χ1n) is 10.8. The van der Waals surface area contributed by atoms with E-state index < -0.39 is 23.5 Å². The number of hydrogen-bond acceptors (Lipinski definition) is 7. The molecule has 8 heteroatoms. The summed E-state index contributed by atoms with van der Waals surface area (Å²) in [7, 11) is 1.48. The van der Waals surface area contributed by atoms with E-state index in [1.165, 1.54) is 36.3 Å². The Kier molecular flexibility index (Phi) is 5.21. The Morgan fingerprint density at radius 1 is 1.00 bits per heavy atom. The van der Waals surface area contributed by atoms with E-state index in [0.717, 1.165) is 5.56 Å². The molecule has 0 aliphatic carbocycles. The molecule has 8 nitrogen and oxygen atoms in total. The van der Waals surface area contributed by atoms with Gasteiger partial charge in [0.25, 0.3) is 5.91 Å². The molecule has 176 valence electrons. The van der Waals surface area contributed by atoms with E-state index in [0.29, 0.717) is 22.3 Å². The second kappa shape index (κ2) is 8.25. The van der Waals surface area contributed by atoms with Crippen LogP contribution in [0.3, 0.4) is 0 Å². The Labute approximate surface area is 199 Å². The molecule has 1 aliphatic heterocycles. The van der Waals surface area contributed by atoms with Crippen LogP contribution in [-0.2, 0) is 4.79 Å². The number of phenolic OH excluding ortho intramolecular Hbond substituents is 2. The highest BCUT2D eigenvalue weighted by Crippen LogP contribution is 2.45. The van der Waals surface area contributed by atoms with Crippen molar-refractivity contribution in [2.75, 3.05) is 12.0 Å². The smallest absolute Gasteiger partial charge is 0.294 e. The number of furan rings is 1. The van der Waals surface area contributed by atoms with Crippen LogP contribution in [0.4, 0.5) is 5.69 Å². The first-order chi connectivity index (χ1) is 16.8. The van der Waals surface area contributed by atoms with Gasteiger partial charge in [0, 0.05) is 5.39 Å². The van der Waals surface area contributed by atoms with E-state index in [2.05, 4.69) is 0 Å². The molecule has 0 fully saturated rings. The van der Waals surface area contributed by atoms with E-state index in [4.69, 9.17) is 9.15 Å².